The summed E-state index contributed by atoms with van der Waals surface area (Å²) in [5.74, 6) is 0.467. The molecule has 0 unspecified atom stereocenters. The van der Waals surface area contributed by atoms with Gasteiger partial charge in [-0.1, -0.05) is 0 Å². The number of ether oxygens (including phenoxy) is 1. The lowest BCUT2D eigenvalue weighted by molar-refractivity contribution is 0.0467. The highest BCUT2D eigenvalue weighted by atomic mass is 16.6. The number of piperidine rings is 1. The van der Waals surface area contributed by atoms with Gasteiger partial charge in [0.05, 0.1) is 6.54 Å². The van der Waals surface area contributed by atoms with E-state index >= 15 is 0 Å². The maximum Gasteiger partial charge on any atom is 0.407 e. The van der Waals surface area contributed by atoms with Gasteiger partial charge in [0, 0.05) is 31.5 Å². The van der Waals surface area contributed by atoms with Crippen LogP contribution in [0, 0.1) is 5.92 Å². The Bertz CT molecular complexity index is 481. The smallest absolute Gasteiger partial charge is 0.407 e. The summed E-state index contributed by atoms with van der Waals surface area (Å²) in [4.78, 5) is 14.4. The van der Waals surface area contributed by atoms with Crippen LogP contribution >= 0.6 is 0 Å². The van der Waals surface area contributed by atoms with Crippen molar-refractivity contribution in [3.63, 3.8) is 0 Å². The number of rotatable bonds is 5. The Morgan fingerprint density at radius 2 is 2.22 bits per heavy atom. The van der Waals surface area contributed by atoms with Crippen molar-refractivity contribution in [1.29, 1.82) is 0 Å². The number of hydrogen-bond acceptors (Lipinski definition) is 4. The maximum absolute atomic E-state index is 11.9. The molecule has 0 aromatic carbocycles. The first-order chi connectivity index (χ1) is 10.8. The SMILES string of the molecule is C[C@H](NC(=O)OC(C)(C)C)[C@H]1CCCN(CCn2cccn2)C1. The van der Waals surface area contributed by atoms with E-state index in [9.17, 15) is 4.79 Å². The number of nitrogens with one attached hydrogen (secondary N) is 1. The predicted molar refractivity (Wildman–Crippen MR) is 90.2 cm³/mol. The topological polar surface area (TPSA) is 59.4 Å². The predicted octanol–water partition coefficient (Wildman–Crippen LogP) is 2.51. The summed E-state index contributed by atoms with van der Waals surface area (Å²) in [5.41, 5.74) is -0.452. The monoisotopic (exact) mass is 322 g/mol. The van der Waals surface area contributed by atoms with E-state index in [1.807, 2.05) is 43.9 Å². The van der Waals surface area contributed by atoms with Crippen LogP contribution < -0.4 is 5.32 Å². The Hall–Kier alpha value is -1.56. The normalized spacial score (nSPS) is 21.0. The van der Waals surface area contributed by atoms with Gasteiger partial charge in [-0.05, 0) is 59.1 Å². The molecule has 130 valence electrons. The van der Waals surface area contributed by atoms with Gasteiger partial charge in [0.15, 0.2) is 0 Å². The molecule has 0 spiro atoms. The first-order valence-corrected chi connectivity index (χ1v) is 8.53. The molecule has 2 heterocycles. The van der Waals surface area contributed by atoms with E-state index in [1.165, 1.54) is 6.42 Å². The molecule has 1 fully saturated rings. The highest BCUT2D eigenvalue weighted by Gasteiger charge is 2.27. The first kappa shape index (κ1) is 17.8. The molecule has 1 saturated heterocycles. The third-order valence-corrected chi connectivity index (χ3v) is 4.20. The van der Waals surface area contributed by atoms with Crippen molar-refractivity contribution in [3.8, 4) is 0 Å². The third kappa shape index (κ3) is 6.22. The Labute approximate surface area is 139 Å². The van der Waals surface area contributed by atoms with Gasteiger partial charge in [0.2, 0.25) is 0 Å². The fourth-order valence-electron chi connectivity index (χ4n) is 2.99. The Morgan fingerprint density at radius 3 is 2.87 bits per heavy atom. The van der Waals surface area contributed by atoms with Crippen LogP contribution in [0.3, 0.4) is 0 Å². The number of carbonyl (C=O) groups is 1. The number of likely N-dealkylation sites (tertiary alicyclic amines) is 1. The summed E-state index contributed by atoms with van der Waals surface area (Å²) in [5, 5.41) is 7.24. The number of aromatic nitrogens is 2. The molecule has 1 amide bonds. The van der Waals surface area contributed by atoms with E-state index in [4.69, 9.17) is 4.74 Å². The molecule has 1 aliphatic rings. The van der Waals surface area contributed by atoms with E-state index in [1.54, 1.807) is 0 Å². The van der Waals surface area contributed by atoms with Gasteiger partial charge in [0.1, 0.15) is 5.60 Å². The highest BCUT2D eigenvalue weighted by Crippen LogP contribution is 2.20. The Balaban J connectivity index is 1.76. The van der Waals surface area contributed by atoms with Crippen LogP contribution in [0.4, 0.5) is 4.79 Å². The van der Waals surface area contributed by atoms with Crippen molar-refractivity contribution < 1.29 is 9.53 Å². The molecule has 1 aromatic rings. The number of hydrogen-bond donors (Lipinski definition) is 1. The molecule has 1 aliphatic heterocycles. The standard InChI is InChI=1S/C17H30N4O2/c1-14(19-16(22)23-17(2,3)4)15-7-5-9-20(13-15)11-12-21-10-6-8-18-21/h6,8,10,14-15H,5,7,9,11-13H2,1-4H3,(H,19,22)/t14-,15-/m0/s1. The van der Waals surface area contributed by atoms with Crippen molar-refractivity contribution in [2.24, 2.45) is 5.92 Å². The largest absolute Gasteiger partial charge is 0.444 e. The summed E-state index contributed by atoms with van der Waals surface area (Å²) in [6.07, 6.45) is 5.80. The van der Waals surface area contributed by atoms with Gasteiger partial charge in [-0.25, -0.2) is 4.79 Å². The lowest BCUT2D eigenvalue weighted by Crippen LogP contribution is -2.47. The van der Waals surface area contributed by atoms with Crippen LogP contribution in [0.25, 0.3) is 0 Å². The molecule has 2 atom stereocenters. The van der Waals surface area contributed by atoms with Crippen LogP contribution in [0.5, 0.6) is 0 Å². The molecule has 1 N–H and O–H groups in total. The minimum Gasteiger partial charge on any atom is -0.444 e. The van der Waals surface area contributed by atoms with Crippen LogP contribution in [-0.2, 0) is 11.3 Å². The Morgan fingerprint density at radius 1 is 1.43 bits per heavy atom. The summed E-state index contributed by atoms with van der Waals surface area (Å²) in [6, 6.07) is 2.07. The van der Waals surface area contributed by atoms with Crippen molar-refractivity contribution in [1.82, 2.24) is 20.0 Å². The molecule has 0 radical (unpaired) electrons. The fourth-order valence-corrected chi connectivity index (χ4v) is 2.99. The average Bonchev–Trinajstić information content (AvgIpc) is 2.96. The molecule has 6 nitrogen and oxygen atoms in total. The zero-order valence-corrected chi connectivity index (χ0v) is 14.8. The van der Waals surface area contributed by atoms with Crippen molar-refractivity contribution in [3.05, 3.63) is 18.5 Å². The van der Waals surface area contributed by atoms with Gasteiger partial charge in [-0.3, -0.25) is 4.68 Å². The minimum atomic E-state index is -0.452. The second-order valence-electron chi connectivity index (χ2n) is 7.41. The zero-order chi connectivity index (χ0) is 16.9. The summed E-state index contributed by atoms with van der Waals surface area (Å²) in [6.45, 7) is 11.8. The number of alkyl carbamates (subject to hydrolysis) is 1. The van der Waals surface area contributed by atoms with Gasteiger partial charge < -0.3 is 15.0 Å². The van der Waals surface area contributed by atoms with E-state index in [0.717, 1.165) is 32.6 Å². The summed E-state index contributed by atoms with van der Waals surface area (Å²) >= 11 is 0. The van der Waals surface area contributed by atoms with Crippen molar-refractivity contribution in [2.75, 3.05) is 19.6 Å². The lowest BCUT2D eigenvalue weighted by atomic mass is 9.91. The molecular formula is C17H30N4O2. The second-order valence-corrected chi connectivity index (χ2v) is 7.41. The second kappa shape index (κ2) is 7.81. The van der Waals surface area contributed by atoms with Gasteiger partial charge in [-0.15, -0.1) is 0 Å². The van der Waals surface area contributed by atoms with Crippen LogP contribution in [0.2, 0.25) is 0 Å². The molecule has 0 aliphatic carbocycles. The van der Waals surface area contributed by atoms with E-state index in [-0.39, 0.29) is 12.1 Å². The van der Waals surface area contributed by atoms with Crippen LogP contribution in [-0.4, -0.2) is 52.1 Å². The van der Waals surface area contributed by atoms with E-state index in [2.05, 4.69) is 22.2 Å². The number of nitrogens with zero attached hydrogens (tertiary/aromatic N) is 3. The zero-order valence-electron chi connectivity index (χ0n) is 14.8. The van der Waals surface area contributed by atoms with Crippen molar-refractivity contribution >= 4 is 6.09 Å². The first-order valence-electron chi connectivity index (χ1n) is 8.53. The number of amides is 1. The number of carbonyl (C=O) groups excluding carboxylic acids is 1. The maximum atomic E-state index is 11.9. The van der Waals surface area contributed by atoms with Gasteiger partial charge in [-0.2, -0.15) is 5.10 Å². The van der Waals surface area contributed by atoms with Crippen LogP contribution in [0.1, 0.15) is 40.5 Å². The molecular weight excluding hydrogens is 292 g/mol. The molecule has 0 bridgehead atoms. The summed E-state index contributed by atoms with van der Waals surface area (Å²) < 4.78 is 7.31. The van der Waals surface area contributed by atoms with Gasteiger partial charge >= 0.3 is 6.09 Å². The van der Waals surface area contributed by atoms with Gasteiger partial charge in [0.25, 0.3) is 0 Å². The molecule has 0 saturated carbocycles. The van der Waals surface area contributed by atoms with E-state index < -0.39 is 5.60 Å². The lowest BCUT2D eigenvalue weighted by Gasteiger charge is -2.36. The minimum absolute atomic E-state index is 0.123. The van der Waals surface area contributed by atoms with Crippen LogP contribution in [0.15, 0.2) is 18.5 Å². The average molecular weight is 322 g/mol. The molecule has 1 aromatic heterocycles. The molecule has 23 heavy (non-hydrogen) atoms. The highest BCUT2D eigenvalue weighted by molar-refractivity contribution is 5.68. The Kier molecular flexibility index (Phi) is 6.04. The molecule has 2 rings (SSSR count). The quantitative estimate of drug-likeness (QED) is 0.905. The third-order valence-electron chi connectivity index (χ3n) is 4.20. The van der Waals surface area contributed by atoms with E-state index in [0.29, 0.717) is 5.92 Å². The molecule has 6 heteroatoms. The summed E-state index contributed by atoms with van der Waals surface area (Å²) in [7, 11) is 0. The van der Waals surface area contributed by atoms with Crippen molar-refractivity contribution in [2.45, 2.75) is 58.7 Å². The fraction of sp³-hybridized carbons (Fsp3) is 0.765.